The Bertz CT molecular complexity index is 2180. The largest absolute Gasteiger partial charge is 0.386 e. The monoisotopic (exact) mass is 604 g/mol. The molecule has 0 saturated carbocycles. The van der Waals surface area contributed by atoms with Crippen molar-refractivity contribution in [3.8, 4) is 33.4 Å². The van der Waals surface area contributed by atoms with Gasteiger partial charge in [-0.3, -0.25) is 0 Å². The van der Waals surface area contributed by atoms with E-state index < -0.39 is 16.8 Å². The van der Waals surface area contributed by atoms with Crippen molar-refractivity contribution in [1.82, 2.24) is 0 Å². The van der Waals surface area contributed by atoms with Crippen molar-refractivity contribution >= 4 is 32.3 Å². The molecule has 0 atom stereocenters. The van der Waals surface area contributed by atoms with E-state index in [0.29, 0.717) is 0 Å². The Kier molecular flexibility index (Phi) is 6.88. The highest BCUT2D eigenvalue weighted by atomic mass is 16.3. The van der Waals surface area contributed by atoms with Crippen LogP contribution in [0.4, 0.5) is 0 Å². The topological polar surface area (TPSA) is 60.7 Å². The summed E-state index contributed by atoms with van der Waals surface area (Å²) in [5.41, 5.74) is 5.55. The predicted octanol–water partition coefficient (Wildman–Crippen LogP) is 10.3. The van der Waals surface area contributed by atoms with Gasteiger partial charge in [-0.1, -0.05) is 109 Å². The Morgan fingerprint density at radius 3 is 1.13 bits per heavy atom. The van der Waals surface area contributed by atoms with E-state index in [-0.39, 0.29) is 0 Å². The quantitative estimate of drug-likeness (QED) is 0.166. The minimum Gasteiger partial charge on any atom is -0.386 e. The van der Waals surface area contributed by atoms with E-state index in [4.69, 9.17) is 0 Å². The Morgan fingerprint density at radius 1 is 0.348 bits per heavy atom. The molecule has 0 aliphatic carbocycles. The van der Waals surface area contributed by atoms with E-state index in [1.165, 1.54) is 0 Å². The summed E-state index contributed by atoms with van der Waals surface area (Å²) in [5.74, 6) is 0. The van der Waals surface area contributed by atoms with Gasteiger partial charge in [0.05, 0.1) is 16.8 Å². The molecule has 3 nitrogen and oxygen atoms in total. The molecule has 0 aromatic heterocycles. The Balaban J connectivity index is 1.67. The van der Waals surface area contributed by atoms with Gasteiger partial charge in [0.2, 0.25) is 0 Å². The second-order valence-corrected chi connectivity index (χ2v) is 14.1. The first kappa shape index (κ1) is 30.1. The highest BCUT2D eigenvalue weighted by molar-refractivity contribution is 6.30. The average Bonchev–Trinajstić information content (AvgIpc) is 3.02. The molecule has 0 radical (unpaired) electrons. The minimum absolute atomic E-state index is 0.853. The van der Waals surface area contributed by atoms with E-state index in [1.54, 1.807) is 0 Å². The van der Waals surface area contributed by atoms with E-state index in [2.05, 4.69) is 60.7 Å². The Hall–Kier alpha value is -4.54. The third-order valence-electron chi connectivity index (χ3n) is 9.41. The summed E-state index contributed by atoms with van der Waals surface area (Å²) in [6, 6.07) is 39.7. The highest BCUT2D eigenvalue weighted by Gasteiger charge is 2.27. The summed E-state index contributed by atoms with van der Waals surface area (Å²) in [6.07, 6.45) is 0. The lowest BCUT2D eigenvalue weighted by atomic mass is 9.80. The Labute approximate surface area is 270 Å². The molecule has 46 heavy (non-hydrogen) atoms. The second kappa shape index (κ2) is 10.5. The first-order chi connectivity index (χ1) is 21.7. The van der Waals surface area contributed by atoms with Crippen LogP contribution in [0.15, 0.2) is 115 Å². The van der Waals surface area contributed by atoms with Crippen LogP contribution < -0.4 is 0 Å². The zero-order chi connectivity index (χ0) is 32.6. The fraction of sp³-hybridized carbons (Fsp3) is 0.209. The molecule has 230 valence electrons. The van der Waals surface area contributed by atoms with Gasteiger partial charge in [-0.25, -0.2) is 0 Å². The number of hydrogen-bond donors (Lipinski definition) is 3. The summed E-state index contributed by atoms with van der Waals surface area (Å²) >= 11 is 0. The molecular formula is C43H40O3. The molecule has 0 bridgehead atoms. The molecule has 3 N–H and O–H groups in total. The van der Waals surface area contributed by atoms with Gasteiger partial charge in [0.1, 0.15) is 0 Å². The van der Waals surface area contributed by atoms with Gasteiger partial charge in [-0.2, -0.15) is 0 Å². The molecule has 0 amide bonds. The smallest absolute Gasteiger partial charge is 0.0846 e. The van der Waals surface area contributed by atoms with Crippen molar-refractivity contribution < 1.29 is 15.3 Å². The van der Waals surface area contributed by atoms with Crippen molar-refractivity contribution in [3.05, 3.63) is 132 Å². The molecule has 7 aromatic rings. The molecule has 0 fully saturated rings. The summed E-state index contributed by atoms with van der Waals surface area (Å²) in [7, 11) is 0. The van der Waals surface area contributed by atoms with Gasteiger partial charge in [-0.15, -0.1) is 0 Å². The number of benzene rings is 7. The molecule has 0 heterocycles. The van der Waals surface area contributed by atoms with Crippen molar-refractivity contribution in [3.63, 3.8) is 0 Å². The van der Waals surface area contributed by atoms with E-state index in [1.807, 2.05) is 96.1 Å². The summed E-state index contributed by atoms with van der Waals surface area (Å²) in [4.78, 5) is 0. The van der Waals surface area contributed by atoms with Crippen LogP contribution in [-0.2, 0) is 16.8 Å². The van der Waals surface area contributed by atoms with Gasteiger partial charge >= 0.3 is 0 Å². The van der Waals surface area contributed by atoms with E-state index in [0.717, 1.165) is 82.4 Å². The van der Waals surface area contributed by atoms with Crippen molar-refractivity contribution in [2.24, 2.45) is 0 Å². The van der Waals surface area contributed by atoms with E-state index >= 15 is 0 Å². The maximum Gasteiger partial charge on any atom is 0.0846 e. The zero-order valence-electron chi connectivity index (χ0n) is 27.3. The van der Waals surface area contributed by atoms with Crippen LogP contribution in [0.25, 0.3) is 65.7 Å². The maximum absolute atomic E-state index is 11.3. The number of hydrogen-bond acceptors (Lipinski definition) is 3. The molecule has 0 aliphatic rings. The SMILES string of the molecule is CC(C)(O)c1ccccc1-c1ccc2ccc3c(-c4ccccc4C(C)(C)O)cc(-c4ccccc4C(C)(C)O)c4ccc1c2c34. The van der Waals surface area contributed by atoms with Gasteiger partial charge in [0.25, 0.3) is 0 Å². The molecule has 0 spiro atoms. The lowest BCUT2D eigenvalue weighted by Crippen LogP contribution is -2.17. The predicted molar refractivity (Wildman–Crippen MR) is 192 cm³/mol. The van der Waals surface area contributed by atoms with Crippen molar-refractivity contribution in [1.29, 1.82) is 0 Å². The van der Waals surface area contributed by atoms with Gasteiger partial charge in [-0.05, 0) is 130 Å². The molecule has 7 rings (SSSR count). The standard InChI is InChI=1S/C43H40O3/c1-41(2,44)36-16-10-7-13-28(36)27-21-19-26-20-22-32-34(29-14-8-11-17-37(29)42(3,4)45)25-35(33-24-23-31(27)39(26)40(32)33)30-15-9-12-18-38(30)43(5,6)46/h7-25,44-46H,1-6H3. The van der Waals surface area contributed by atoms with Crippen LogP contribution in [0.3, 0.4) is 0 Å². The average molecular weight is 605 g/mol. The molecule has 0 saturated heterocycles. The summed E-state index contributed by atoms with van der Waals surface area (Å²) in [5, 5.41) is 40.5. The third-order valence-corrected chi connectivity index (χ3v) is 9.41. The van der Waals surface area contributed by atoms with Gasteiger partial charge < -0.3 is 15.3 Å². The van der Waals surface area contributed by atoms with Crippen LogP contribution in [0.2, 0.25) is 0 Å². The van der Waals surface area contributed by atoms with Crippen LogP contribution in [0, 0.1) is 0 Å². The maximum atomic E-state index is 11.3. The van der Waals surface area contributed by atoms with Gasteiger partial charge in [0, 0.05) is 0 Å². The number of rotatable bonds is 6. The summed E-state index contributed by atoms with van der Waals surface area (Å²) in [6.45, 7) is 11.0. The van der Waals surface area contributed by atoms with Crippen LogP contribution in [-0.4, -0.2) is 15.3 Å². The zero-order valence-corrected chi connectivity index (χ0v) is 27.3. The first-order valence-electron chi connectivity index (χ1n) is 16.0. The van der Waals surface area contributed by atoms with Crippen LogP contribution in [0.5, 0.6) is 0 Å². The molecule has 7 aromatic carbocycles. The second-order valence-electron chi connectivity index (χ2n) is 14.1. The fourth-order valence-electron chi connectivity index (χ4n) is 7.33. The van der Waals surface area contributed by atoms with Crippen LogP contribution >= 0.6 is 0 Å². The number of aliphatic hydroxyl groups is 3. The van der Waals surface area contributed by atoms with Crippen molar-refractivity contribution in [2.75, 3.05) is 0 Å². The molecular weight excluding hydrogens is 564 g/mol. The van der Waals surface area contributed by atoms with E-state index in [9.17, 15) is 15.3 Å². The summed E-state index contributed by atoms with van der Waals surface area (Å²) < 4.78 is 0. The van der Waals surface area contributed by atoms with Gasteiger partial charge in [0.15, 0.2) is 0 Å². The highest BCUT2D eigenvalue weighted by Crippen LogP contribution is 2.48. The third kappa shape index (κ3) is 4.87. The lowest BCUT2D eigenvalue weighted by Gasteiger charge is -2.26. The van der Waals surface area contributed by atoms with Crippen LogP contribution in [0.1, 0.15) is 58.2 Å². The minimum atomic E-state index is -1.06. The fourth-order valence-corrected chi connectivity index (χ4v) is 7.33. The molecule has 3 heteroatoms. The Morgan fingerprint density at radius 2 is 0.696 bits per heavy atom. The molecule has 0 aliphatic heterocycles. The molecule has 0 unspecified atom stereocenters. The normalized spacial score (nSPS) is 12.9. The van der Waals surface area contributed by atoms with Crippen molar-refractivity contribution in [2.45, 2.75) is 58.3 Å². The first-order valence-corrected chi connectivity index (χ1v) is 16.0. The lowest BCUT2D eigenvalue weighted by molar-refractivity contribution is 0.0786.